The molecule has 0 spiro atoms. The maximum atomic E-state index is 11.5. The van der Waals surface area contributed by atoms with Crippen molar-refractivity contribution >= 4 is 54.0 Å². The number of nitro benzene ring substituents is 1. The van der Waals surface area contributed by atoms with Crippen LogP contribution in [0.2, 0.25) is 5.02 Å². The van der Waals surface area contributed by atoms with E-state index in [0.717, 1.165) is 21.5 Å². The SMILES string of the molecule is O=[N+]([O-])c1cccc(CP(Br)(c2ccccc2)(c2ccccc2)c2ccccc2)c1Cl. The summed E-state index contributed by atoms with van der Waals surface area (Å²) in [4.78, 5) is 11.1. The quantitative estimate of drug-likeness (QED) is 0.166. The normalized spacial score (nSPS) is 12.6. The average Bonchev–Trinajstić information content (AvgIpc) is 2.82. The number of nitro groups is 1. The van der Waals surface area contributed by atoms with Gasteiger partial charge in [0.15, 0.2) is 0 Å². The molecule has 0 aliphatic heterocycles. The summed E-state index contributed by atoms with van der Waals surface area (Å²) >= 11 is 10.9. The van der Waals surface area contributed by atoms with Gasteiger partial charge in [0.1, 0.15) is 0 Å². The summed E-state index contributed by atoms with van der Waals surface area (Å²) in [7, 11) is 0. The van der Waals surface area contributed by atoms with Gasteiger partial charge in [0.2, 0.25) is 0 Å². The van der Waals surface area contributed by atoms with Gasteiger partial charge in [0, 0.05) is 0 Å². The molecule has 0 aliphatic rings. The van der Waals surface area contributed by atoms with E-state index in [-0.39, 0.29) is 10.7 Å². The van der Waals surface area contributed by atoms with E-state index < -0.39 is 10.2 Å². The van der Waals surface area contributed by atoms with E-state index in [1.165, 1.54) is 6.07 Å². The van der Waals surface area contributed by atoms with Gasteiger partial charge in [-0.2, -0.15) is 0 Å². The molecule has 0 bridgehead atoms. The summed E-state index contributed by atoms with van der Waals surface area (Å²) in [6.07, 6.45) is 0.504. The number of hydrogen-bond acceptors (Lipinski definition) is 2. The topological polar surface area (TPSA) is 43.1 Å². The summed E-state index contributed by atoms with van der Waals surface area (Å²) in [5, 5.41) is 11.9. The van der Waals surface area contributed by atoms with Gasteiger partial charge in [-0.15, -0.1) is 0 Å². The molecule has 0 saturated heterocycles. The van der Waals surface area contributed by atoms with Crippen LogP contribution in [0.15, 0.2) is 109 Å². The fourth-order valence-corrected chi connectivity index (χ4v) is 12.1. The van der Waals surface area contributed by atoms with Gasteiger partial charge in [0.25, 0.3) is 0 Å². The minimum absolute atomic E-state index is 0.0779. The first-order valence-electron chi connectivity index (χ1n) is 9.76. The summed E-state index contributed by atoms with van der Waals surface area (Å²) in [5.74, 6) is 0. The average molecular weight is 513 g/mol. The molecule has 4 aromatic rings. The zero-order chi connectivity index (χ0) is 21.9. The third kappa shape index (κ3) is 3.70. The maximum absolute atomic E-state index is 11.5. The van der Waals surface area contributed by atoms with E-state index in [9.17, 15) is 10.1 Å². The molecule has 0 N–H and O–H groups in total. The zero-order valence-electron chi connectivity index (χ0n) is 16.6. The van der Waals surface area contributed by atoms with Crippen LogP contribution < -0.4 is 15.9 Å². The van der Waals surface area contributed by atoms with E-state index in [1.807, 2.05) is 60.7 Å². The number of nitrogens with zero attached hydrogens (tertiary/aromatic N) is 1. The van der Waals surface area contributed by atoms with Crippen molar-refractivity contribution < 1.29 is 4.92 Å². The Balaban J connectivity index is 2.10. The molecular formula is C25H20BrClNO2P. The van der Waals surface area contributed by atoms with Crippen molar-refractivity contribution in [2.45, 2.75) is 6.16 Å². The van der Waals surface area contributed by atoms with Gasteiger partial charge in [-0.05, 0) is 0 Å². The molecule has 31 heavy (non-hydrogen) atoms. The summed E-state index contributed by atoms with van der Waals surface area (Å²) in [5.41, 5.74) is 0.660. The molecule has 156 valence electrons. The Bertz CT molecular complexity index is 1120. The van der Waals surface area contributed by atoms with Crippen molar-refractivity contribution in [3.8, 4) is 0 Å². The van der Waals surface area contributed by atoms with Crippen molar-refractivity contribution in [3.63, 3.8) is 0 Å². The molecule has 0 unspecified atom stereocenters. The fourth-order valence-electron chi connectivity index (χ4n) is 4.09. The molecule has 0 radical (unpaired) electrons. The molecule has 0 aliphatic carbocycles. The van der Waals surface area contributed by atoms with Crippen LogP contribution in [0.1, 0.15) is 5.56 Å². The van der Waals surface area contributed by atoms with E-state index in [2.05, 4.69) is 51.9 Å². The van der Waals surface area contributed by atoms with Gasteiger partial charge in [-0.25, -0.2) is 0 Å². The molecule has 0 heterocycles. The van der Waals surface area contributed by atoms with E-state index >= 15 is 0 Å². The molecule has 6 heteroatoms. The van der Waals surface area contributed by atoms with Crippen molar-refractivity contribution in [1.29, 1.82) is 0 Å². The first-order chi connectivity index (χ1) is 14.9. The second-order valence-electron chi connectivity index (χ2n) is 7.35. The van der Waals surface area contributed by atoms with Gasteiger partial charge < -0.3 is 0 Å². The van der Waals surface area contributed by atoms with Crippen molar-refractivity contribution in [2.24, 2.45) is 0 Å². The third-order valence-corrected chi connectivity index (χ3v) is 15.5. The van der Waals surface area contributed by atoms with Crippen LogP contribution >= 0.6 is 32.4 Å². The molecule has 0 saturated carbocycles. The molecule has 0 fully saturated rings. The first kappa shape index (κ1) is 21.7. The molecule has 4 aromatic carbocycles. The van der Waals surface area contributed by atoms with Gasteiger partial charge in [-0.3, -0.25) is 0 Å². The summed E-state index contributed by atoms with van der Waals surface area (Å²) in [6.45, 7) is 0. The minimum atomic E-state index is -3.27. The van der Waals surface area contributed by atoms with E-state index in [0.29, 0.717) is 6.16 Å². The first-order valence-corrected chi connectivity index (χ1v) is 14.6. The van der Waals surface area contributed by atoms with E-state index in [4.69, 9.17) is 11.6 Å². The Morgan fingerprint density at radius 3 is 1.52 bits per heavy atom. The van der Waals surface area contributed by atoms with Crippen LogP contribution in [0.3, 0.4) is 0 Å². The van der Waals surface area contributed by atoms with E-state index in [1.54, 1.807) is 6.07 Å². The summed E-state index contributed by atoms with van der Waals surface area (Å²) in [6, 6.07) is 35.9. The monoisotopic (exact) mass is 511 g/mol. The molecule has 3 nitrogen and oxygen atoms in total. The Morgan fingerprint density at radius 2 is 1.13 bits per heavy atom. The molecular weight excluding hydrogens is 493 g/mol. The Labute approximate surface area is 194 Å². The Morgan fingerprint density at radius 1 is 0.710 bits per heavy atom. The predicted octanol–water partition coefficient (Wildman–Crippen LogP) is 6.59. The molecule has 4 rings (SSSR count). The molecule has 0 atom stereocenters. The van der Waals surface area contributed by atoms with Crippen molar-refractivity contribution in [3.05, 3.63) is 130 Å². The standard InChI is InChI=1S/C25H20BrClNO2P/c26-31(21-12-4-1-5-13-21,22-14-6-2-7-15-22,23-16-8-3-9-17-23)19-20-11-10-18-24(25(20)27)28(29)30/h1-18H,19H2. The van der Waals surface area contributed by atoms with Crippen LogP contribution in [0.25, 0.3) is 0 Å². The fraction of sp³-hybridized carbons (Fsp3) is 0.0400. The number of rotatable bonds is 6. The third-order valence-electron chi connectivity index (χ3n) is 5.61. The second kappa shape index (κ2) is 8.55. The van der Waals surface area contributed by atoms with Gasteiger partial charge in [0.05, 0.1) is 0 Å². The van der Waals surface area contributed by atoms with Crippen molar-refractivity contribution in [1.82, 2.24) is 0 Å². The van der Waals surface area contributed by atoms with Crippen LogP contribution in [0.4, 0.5) is 5.69 Å². The van der Waals surface area contributed by atoms with Crippen molar-refractivity contribution in [2.75, 3.05) is 0 Å². The predicted molar refractivity (Wildman–Crippen MR) is 136 cm³/mol. The van der Waals surface area contributed by atoms with Crippen LogP contribution in [-0.4, -0.2) is 4.92 Å². The Kier molecular flexibility index (Phi) is 5.98. The van der Waals surface area contributed by atoms with Crippen LogP contribution in [0.5, 0.6) is 0 Å². The molecule has 0 aromatic heterocycles. The summed E-state index contributed by atoms with van der Waals surface area (Å²) < 4.78 is 0. The van der Waals surface area contributed by atoms with Crippen LogP contribution in [-0.2, 0) is 6.16 Å². The van der Waals surface area contributed by atoms with Crippen LogP contribution in [0, 0.1) is 10.1 Å². The molecule has 0 amide bonds. The second-order valence-corrected chi connectivity index (χ2v) is 16.7. The number of halogens is 2. The number of benzene rings is 4. The number of hydrogen-bond donors (Lipinski definition) is 0. The van der Waals surface area contributed by atoms with Gasteiger partial charge in [-0.1, -0.05) is 0 Å². The van der Waals surface area contributed by atoms with Gasteiger partial charge >= 0.3 is 195 Å². The zero-order valence-corrected chi connectivity index (χ0v) is 19.8. The Hall–Kier alpha value is -2.52.